The third-order valence-electron chi connectivity index (χ3n) is 4.72. The van der Waals surface area contributed by atoms with Gasteiger partial charge in [0.2, 0.25) is 0 Å². The molecule has 1 spiro atoms. The first-order valence-corrected chi connectivity index (χ1v) is 6.70. The average molecular weight is 233 g/mol. The number of hydrogen-bond donors (Lipinski definition) is 0. The fraction of sp³-hybridized carbons (Fsp3) is 0.786. The van der Waals surface area contributed by atoms with Crippen LogP contribution in [0.25, 0.3) is 0 Å². The molecule has 1 saturated carbocycles. The molecule has 1 saturated heterocycles. The van der Waals surface area contributed by atoms with Gasteiger partial charge in [0.1, 0.15) is 0 Å². The predicted octanol–water partition coefficient (Wildman–Crippen LogP) is 2.27. The first-order valence-electron chi connectivity index (χ1n) is 6.70. The van der Waals surface area contributed by atoms with Crippen LogP contribution in [0.5, 0.6) is 0 Å². The minimum atomic E-state index is 0.712. The molecule has 94 valence electrons. The van der Waals surface area contributed by atoms with E-state index in [1.807, 2.05) is 11.7 Å². The standard InChI is InChI=1S/C14H23N3/c1-10-5-14(6-10)8-17(9-14)7-13-11(2)15-16(4)12(13)3/h10H,5-9H2,1-4H3. The Morgan fingerprint density at radius 3 is 2.41 bits per heavy atom. The molecule has 0 atom stereocenters. The SMILES string of the molecule is Cc1nn(C)c(C)c1CN1CC2(CC(C)C2)C1. The van der Waals surface area contributed by atoms with Gasteiger partial charge in [-0.05, 0) is 38.0 Å². The number of aryl methyl sites for hydroxylation is 2. The highest BCUT2D eigenvalue weighted by atomic mass is 15.3. The zero-order chi connectivity index (χ0) is 12.2. The van der Waals surface area contributed by atoms with Crippen LogP contribution in [0.2, 0.25) is 0 Å². The van der Waals surface area contributed by atoms with E-state index in [0.29, 0.717) is 5.41 Å². The molecule has 17 heavy (non-hydrogen) atoms. The van der Waals surface area contributed by atoms with Crippen molar-refractivity contribution in [3.8, 4) is 0 Å². The fourth-order valence-electron chi connectivity index (χ4n) is 3.96. The van der Waals surface area contributed by atoms with Gasteiger partial charge in [-0.2, -0.15) is 5.10 Å². The van der Waals surface area contributed by atoms with Gasteiger partial charge in [-0.3, -0.25) is 9.58 Å². The van der Waals surface area contributed by atoms with Gasteiger partial charge >= 0.3 is 0 Å². The van der Waals surface area contributed by atoms with Crippen molar-refractivity contribution in [2.24, 2.45) is 18.4 Å². The van der Waals surface area contributed by atoms with E-state index in [0.717, 1.165) is 12.5 Å². The van der Waals surface area contributed by atoms with Crippen molar-refractivity contribution in [1.29, 1.82) is 0 Å². The van der Waals surface area contributed by atoms with E-state index in [2.05, 4.69) is 30.8 Å². The summed E-state index contributed by atoms with van der Waals surface area (Å²) in [5.74, 6) is 0.971. The van der Waals surface area contributed by atoms with Crippen molar-refractivity contribution in [3.63, 3.8) is 0 Å². The molecule has 1 aromatic rings. The summed E-state index contributed by atoms with van der Waals surface area (Å²) in [6.07, 6.45) is 2.91. The first kappa shape index (κ1) is 11.3. The monoisotopic (exact) mass is 233 g/mol. The summed E-state index contributed by atoms with van der Waals surface area (Å²) >= 11 is 0. The lowest BCUT2D eigenvalue weighted by molar-refractivity contribution is -0.0933. The molecule has 0 radical (unpaired) electrons. The van der Waals surface area contributed by atoms with E-state index in [4.69, 9.17) is 0 Å². The Kier molecular flexibility index (Phi) is 2.37. The molecule has 3 rings (SSSR count). The average Bonchev–Trinajstić information content (AvgIpc) is 2.39. The van der Waals surface area contributed by atoms with Gasteiger partial charge in [0, 0.05) is 37.9 Å². The Bertz CT molecular complexity index is 433. The van der Waals surface area contributed by atoms with E-state index >= 15 is 0 Å². The van der Waals surface area contributed by atoms with Gasteiger partial charge in [0.15, 0.2) is 0 Å². The molecule has 2 aliphatic rings. The Morgan fingerprint density at radius 1 is 1.29 bits per heavy atom. The fourth-order valence-corrected chi connectivity index (χ4v) is 3.96. The maximum absolute atomic E-state index is 4.49. The lowest BCUT2D eigenvalue weighted by Gasteiger charge is -2.59. The minimum Gasteiger partial charge on any atom is -0.298 e. The van der Waals surface area contributed by atoms with Gasteiger partial charge < -0.3 is 0 Å². The summed E-state index contributed by atoms with van der Waals surface area (Å²) in [6.45, 7) is 10.4. The second-order valence-corrected chi connectivity index (χ2v) is 6.43. The van der Waals surface area contributed by atoms with E-state index in [-0.39, 0.29) is 0 Å². The molecule has 3 heteroatoms. The lowest BCUT2D eigenvalue weighted by Crippen LogP contribution is -2.61. The highest BCUT2D eigenvalue weighted by Crippen LogP contribution is 2.51. The van der Waals surface area contributed by atoms with E-state index < -0.39 is 0 Å². The van der Waals surface area contributed by atoms with Crippen molar-refractivity contribution >= 4 is 0 Å². The highest BCUT2D eigenvalue weighted by Gasteiger charge is 2.50. The molecule has 2 fully saturated rings. The number of nitrogens with zero attached hydrogens (tertiary/aromatic N) is 3. The van der Waals surface area contributed by atoms with Crippen molar-refractivity contribution in [3.05, 3.63) is 17.0 Å². The Labute approximate surface area is 104 Å². The third-order valence-corrected chi connectivity index (χ3v) is 4.72. The molecule has 3 nitrogen and oxygen atoms in total. The van der Waals surface area contributed by atoms with Crippen LogP contribution in [0, 0.1) is 25.2 Å². The van der Waals surface area contributed by atoms with Crippen molar-refractivity contribution in [1.82, 2.24) is 14.7 Å². The van der Waals surface area contributed by atoms with Gasteiger partial charge in [0.05, 0.1) is 5.69 Å². The quantitative estimate of drug-likeness (QED) is 0.781. The molecule has 1 aliphatic heterocycles. The van der Waals surface area contributed by atoms with Crippen LogP contribution < -0.4 is 0 Å². The van der Waals surface area contributed by atoms with Crippen molar-refractivity contribution < 1.29 is 0 Å². The van der Waals surface area contributed by atoms with Gasteiger partial charge in [-0.15, -0.1) is 0 Å². The molecule has 0 unspecified atom stereocenters. The topological polar surface area (TPSA) is 21.1 Å². The van der Waals surface area contributed by atoms with Crippen LogP contribution in [0.4, 0.5) is 0 Å². The van der Waals surface area contributed by atoms with Crippen LogP contribution in [0.3, 0.4) is 0 Å². The lowest BCUT2D eigenvalue weighted by atomic mass is 9.58. The molecule has 2 heterocycles. The second kappa shape index (κ2) is 3.58. The van der Waals surface area contributed by atoms with Crippen LogP contribution >= 0.6 is 0 Å². The van der Waals surface area contributed by atoms with Gasteiger partial charge in [-0.25, -0.2) is 0 Å². The zero-order valence-corrected chi connectivity index (χ0v) is 11.5. The maximum Gasteiger partial charge on any atom is 0.0641 e. The first-order chi connectivity index (χ1) is 7.99. The van der Waals surface area contributed by atoms with Crippen LogP contribution in [0.1, 0.15) is 36.7 Å². The molecular formula is C14H23N3. The van der Waals surface area contributed by atoms with Crippen molar-refractivity contribution in [2.45, 2.75) is 40.2 Å². The molecule has 0 amide bonds. The molecular weight excluding hydrogens is 210 g/mol. The molecule has 0 aromatic carbocycles. The summed E-state index contributed by atoms with van der Waals surface area (Å²) in [6, 6.07) is 0. The van der Waals surface area contributed by atoms with Gasteiger partial charge in [-0.1, -0.05) is 6.92 Å². The second-order valence-electron chi connectivity index (χ2n) is 6.43. The largest absolute Gasteiger partial charge is 0.298 e. The Morgan fingerprint density at radius 2 is 1.94 bits per heavy atom. The number of aromatic nitrogens is 2. The van der Waals surface area contributed by atoms with Crippen molar-refractivity contribution in [2.75, 3.05) is 13.1 Å². The van der Waals surface area contributed by atoms with Crippen LogP contribution in [-0.4, -0.2) is 27.8 Å². The molecule has 0 N–H and O–H groups in total. The zero-order valence-electron chi connectivity index (χ0n) is 11.5. The summed E-state index contributed by atoms with van der Waals surface area (Å²) in [5, 5.41) is 4.49. The van der Waals surface area contributed by atoms with Crippen LogP contribution in [0.15, 0.2) is 0 Å². The Balaban J connectivity index is 1.62. The number of likely N-dealkylation sites (tertiary alicyclic amines) is 1. The van der Waals surface area contributed by atoms with Crippen LogP contribution in [-0.2, 0) is 13.6 Å². The normalized spacial score (nSPS) is 23.8. The number of hydrogen-bond acceptors (Lipinski definition) is 2. The highest BCUT2D eigenvalue weighted by molar-refractivity contribution is 5.25. The minimum absolute atomic E-state index is 0.712. The Hall–Kier alpha value is -0.830. The molecule has 0 bridgehead atoms. The van der Waals surface area contributed by atoms with E-state index in [9.17, 15) is 0 Å². The summed E-state index contributed by atoms with van der Waals surface area (Å²) in [7, 11) is 2.04. The summed E-state index contributed by atoms with van der Waals surface area (Å²) in [5.41, 5.74) is 4.68. The third kappa shape index (κ3) is 1.71. The smallest absolute Gasteiger partial charge is 0.0641 e. The number of rotatable bonds is 2. The summed E-state index contributed by atoms with van der Waals surface area (Å²) < 4.78 is 2.01. The molecule has 1 aliphatic carbocycles. The van der Waals surface area contributed by atoms with E-state index in [1.54, 1.807) is 0 Å². The summed E-state index contributed by atoms with van der Waals surface area (Å²) in [4.78, 5) is 2.59. The van der Waals surface area contributed by atoms with E-state index in [1.165, 1.54) is 42.9 Å². The maximum atomic E-state index is 4.49. The predicted molar refractivity (Wildman–Crippen MR) is 68.8 cm³/mol. The molecule has 1 aromatic heterocycles. The van der Waals surface area contributed by atoms with Gasteiger partial charge in [0.25, 0.3) is 0 Å².